The topological polar surface area (TPSA) is 54.9 Å². The summed E-state index contributed by atoms with van der Waals surface area (Å²) < 4.78 is 0. The Kier molecular flexibility index (Phi) is 4.96. The number of nitrogens with zero attached hydrogens (tertiary/aromatic N) is 2. The molecule has 1 heterocycles. The van der Waals surface area contributed by atoms with Crippen molar-refractivity contribution in [3.63, 3.8) is 0 Å². The number of carbonyl (C=O) groups excluding carboxylic acids is 1. The molecule has 0 bridgehead atoms. The van der Waals surface area contributed by atoms with Crippen LogP contribution in [0.3, 0.4) is 0 Å². The van der Waals surface area contributed by atoms with Crippen molar-refractivity contribution in [2.45, 2.75) is 38.1 Å². The number of carbonyl (C=O) groups is 1. The third-order valence-corrected chi connectivity index (χ3v) is 3.98. The molecule has 5 heteroatoms. The molecule has 2 aromatic rings. The van der Waals surface area contributed by atoms with Crippen molar-refractivity contribution in [3.05, 3.63) is 47.3 Å². The van der Waals surface area contributed by atoms with Crippen molar-refractivity contribution in [2.75, 3.05) is 5.32 Å². The van der Waals surface area contributed by atoms with Gasteiger partial charge < -0.3 is 5.32 Å². The minimum Gasteiger partial charge on any atom is -0.325 e. The van der Waals surface area contributed by atoms with E-state index in [4.69, 9.17) is 0 Å². The third-order valence-electron chi connectivity index (χ3n) is 3.02. The van der Waals surface area contributed by atoms with E-state index in [1.807, 2.05) is 58.0 Å². The predicted molar refractivity (Wildman–Crippen MR) is 86.6 cm³/mol. The minimum absolute atomic E-state index is 0.0444. The van der Waals surface area contributed by atoms with E-state index in [0.29, 0.717) is 5.16 Å². The van der Waals surface area contributed by atoms with Crippen LogP contribution < -0.4 is 5.32 Å². The summed E-state index contributed by atoms with van der Waals surface area (Å²) in [4.78, 5) is 21.0. The molecule has 1 amide bonds. The van der Waals surface area contributed by atoms with Crippen molar-refractivity contribution in [1.29, 1.82) is 0 Å². The lowest BCUT2D eigenvalue weighted by atomic mass is 10.2. The van der Waals surface area contributed by atoms with Crippen LogP contribution in [0.5, 0.6) is 0 Å². The average molecular weight is 301 g/mol. The van der Waals surface area contributed by atoms with Crippen LogP contribution in [0.25, 0.3) is 0 Å². The SMILES string of the molecule is Cc1cc(C)nc(S[C@H](C)C(=O)Nc2ccccc2C)n1. The molecule has 0 aliphatic rings. The lowest BCUT2D eigenvalue weighted by Gasteiger charge is -2.13. The summed E-state index contributed by atoms with van der Waals surface area (Å²) in [7, 11) is 0. The highest BCUT2D eigenvalue weighted by Crippen LogP contribution is 2.22. The number of aryl methyl sites for hydroxylation is 3. The standard InChI is InChI=1S/C16H19N3OS/c1-10-7-5-6-8-14(10)19-15(20)13(4)21-16-17-11(2)9-12(3)18-16/h5-9,13H,1-4H3,(H,19,20)/t13-/m1/s1. The molecule has 1 aromatic carbocycles. The van der Waals surface area contributed by atoms with Crippen molar-refractivity contribution < 1.29 is 4.79 Å². The van der Waals surface area contributed by atoms with Gasteiger partial charge in [-0.15, -0.1) is 0 Å². The molecule has 0 spiro atoms. The fourth-order valence-corrected chi connectivity index (χ4v) is 2.78. The van der Waals surface area contributed by atoms with Gasteiger partial charge in [0.25, 0.3) is 0 Å². The van der Waals surface area contributed by atoms with E-state index in [9.17, 15) is 4.79 Å². The summed E-state index contributed by atoms with van der Waals surface area (Å²) in [5.41, 5.74) is 3.72. The van der Waals surface area contributed by atoms with Gasteiger partial charge in [-0.3, -0.25) is 4.79 Å². The van der Waals surface area contributed by atoms with Crippen LogP contribution in [0.15, 0.2) is 35.5 Å². The Labute approximate surface area is 129 Å². The van der Waals surface area contributed by atoms with E-state index in [1.54, 1.807) is 0 Å². The molecule has 21 heavy (non-hydrogen) atoms. The number of amides is 1. The number of hydrogen-bond donors (Lipinski definition) is 1. The molecular weight excluding hydrogens is 282 g/mol. The van der Waals surface area contributed by atoms with Gasteiger partial charge >= 0.3 is 0 Å². The lowest BCUT2D eigenvalue weighted by molar-refractivity contribution is -0.115. The van der Waals surface area contributed by atoms with Crippen LogP contribution in [0.2, 0.25) is 0 Å². The molecule has 2 rings (SSSR count). The largest absolute Gasteiger partial charge is 0.325 e. The van der Waals surface area contributed by atoms with E-state index in [2.05, 4.69) is 15.3 Å². The molecular formula is C16H19N3OS. The van der Waals surface area contributed by atoms with E-state index >= 15 is 0 Å². The molecule has 0 saturated carbocycles. The summed E-state index contributed by atoms with van der Waals surface area (Å²) in [6, 6.07) is 9.65. The summed E-state index contributed by atoms with van der Waals surface area (Å²) in [5, 5.41) is 3.32. The number of rotatable bonds is 4. The number of benzene rings is 1. The molecule has 1 N–H and O–H groups in total. The van der Waals surface area contributed by atoms with Gasteiger partial charge in [-0.25, -0.2) is 9.97 Å². The fourth-order valence-electron chi connectivity index (χ4n) is 1.91. The highest BCUT2D eigenvalue weighted by molar-refractivity contribution is 8.00. The Hall–Kier alpha value is -1.88. The average Bonchev–Trinajstić information content (AvgIpc) is 2.40. The van der Waals surface area contributed by atoms with Crippen molar-refractivity contribution in [3.8, 4) is 0 Å². The first-order valence-electron chi connectivity index (χ1n) is 6.81. The minimum atomic E-state index is -0.259. The highest BCUT2D eigenvalue weighted by Gasteiger charge is 2.17. The van der Waals surface area contributed by atoms with Crippen molar-refractivity contribution in [1.82, 2.24) is 9.97 Å². The van der Waals surface area contributed by atoms with Crippen LogP contribution in [0, 0.1) is 20.8 Å². The number of nitrogens with one attached hydrogen (secondary N) is 1. The zero-order valence-corrected chi connectivity index (χ0v) is 13.5. The van der Waals surface area contributed by atoms with Gasteiger partial charge in [0.2, 0.25) is 5.91 Å². The molecule has 1 atom stereocenters. The quantitative estimate of drug-likeness (QED) is 0.693. The molecule has 110 valence electrons. The highest BCUT2D eigenvalue weighted by atomic mass is 32.2. The maximum atomic E-state index is 12.3. The molecule has 0 aliphatic heterocycles. The zero-order valence-electron chi connectivity index (χ0n) is 12.7. The van der Waals surface area contributed by atoms with E-state index in [0.717, 1.165) is 22.6 Å². The lowest BCUT2D eigenvalue weighted by Crippen LogP contribution is -2.23. The van der Waals surface area contributed by atoms with Crippen LogP contribution >= 0.6 is 11.8 Å². The summed E-state index contributed by atoms with van der Waals surface area (Å²) in [6.07, 6.45) is 0. The van der Waals surface area contributed by atoms with Crippen LogP contribution in [-0.2, 0) is 4.79 Å². The fraction of sp³-hybridized carbons (Fsp3) is 0.312. The normalized spacial score (nSPS) is 12.0. The second kappa shape index (κ2) is 6.72. The van der Waals surface area contributed by atoms with Gasteiger partial charge in [0.15, 0.2) is 5.16 Å². The maximum absolute atomic E-state index is 12.3. The molecule has 0 fully saturated rings. The van der Waals surface area contributed by atoms with E-state index < -0.39 is 0 Å². The monoisotopic (exact) mass is 301 g/mol. The number of para-hydroxylation sites is 1. The number of aromatic nitrogens is 2. The molecule has 4 nitrogen and oxygen atoms in total. The van der Waals surface area contributed by atoms with Gasteiger partial charge in [0, 0.05) is 17.1 Å². The van der Waals surface area contributed by atoms with Gasteiger partial charge in [-0.05, 0) is 45.4 Å². The third kappa shape index (κ3) is 4.29. The van der Waals surface area contributed by atoms with Crippen LogP contribution in [0.4, 0.5) is 5.69 Å². The first kappa shape index (κ1) is 15.5. The Balaban J connectivity index is 2.04. The first-order valence-corrected chi connectivity index (χ1v) is 7.69. The molecule has 0 saturated heterocycles. The second-order valence-electron chi connectivity index (χ2n) is 5.00. The van der Waals surface area contributed by atoms with E-state index in [-0.39, 0.29) is 11.2 Å². The predicted octanol–water partition coefficient (Wildman–Crippen LogP) is 3.52. The van der Waals surface area contributed by atoms with Crippen LogP contribution in [0.1, 0.15) is 23.9 Å². The Bertz CT molecular complexity index is 637. The van der Waals surface area contributed by atoms with Gasteiger partial charge in [0.05, 0.1) is 5.25 Å². The van der Waals surface area contributed by atoms with Crippen LogP contribution in [-0.4, -0.2) is 21.1 Å². The Morgan fingerprint density at radius 1 is 1.14 bits per heavy atom. The smallest absolute Gasteiger partial charge is 0.237 e. The van der Waals surface area contributed by atoms with Crippen molar-refractivity contribution in [2.24, 2.45) is 0 Å². The maximum Gasteiger partial charge on any atom is 0.237 e. The summed E-state index contributed by atoms with van der Waals surface area (Å²) in [6.45, 7) is 7.69. The molecule has 1 aromatic heterocycles. The second-order valence-corrected chi connectivity index (χ2v) is 6.31. The summed E-state index contributed by atoms with van der Waals surface area (Å²) in [5.74, 6) is -0.0444. The van der Waals surface area contributed by atoms with Gasteiger partial charge in [-0.1, -0.05) is 30.0 Å². The van der Waals surface area contributed by atoms with Crippen molar-refractivity contribution >= 4 is 23.4 Å². The number of hydrogen-bond acceptors (Lipinski definition) is 4. The molecule has 0 aliphatic carbocycles. The Morgan fingerprint density at radius 3 is 2.38 bits per heavy atom. The Morgan fingerprint density at radius 2 is 1.76 bits per heavy atom. The van der Waals surface area contributed by atoms with Gasteiger partial charge in [0.1, 0.15) is 0 Å². The first-order chi connectivity index (χ1) is 9.95. The molecule has 0 unspecified atom stereocenters. The molecule has 0 radical (unpaired) electrons. The number of thioether (sulfide) groups is 1. The number of anilines is 1. The van der Waals surface area contributed by atoms with E-state index in [1.165, 1.54) is 11.8 Å². The summed E-state index contributed by atoms with van der Waals surface area (Å²) >= 11 is 1.37. The zero-order chi connectivity index (χ0) is 15.4. The van der Waals surface area contributed by atoms with Gasteiger partial charge in [-0.2, -0.15) is 0 Å².